The maximum Gasteiger partial charge on any atom is 0.329 e. The molecule has 0 saturated carbocycles. The summed E-state index contributed by atoms with van der Waals surface area (Å²) in [5.74, 6) is -0.344. The van der Waals surface area contributed by atoms with Gasteiger partial charge in [-0.1, -0.05) is 50.6 Å². The van der Waals surface area contributed by atoms with Gasteiger partial charge in [0.2, 0.25) is 0 Å². The molecule has 0 aliphatic rings. The average Bonchev–Trinajstić information content (AvgIpc) is 2.56. The number of ether oxygens (including phenoxy) is 1. The van der Waals surface area contributed by atoms with Crippen LogP contribution in [0.25, 0.3) is 11.3 Å². The van der Waals surface area contributed by atoms with E-state index in [-0.39, 0.29) is 16.9 Å². The van der Waals surface area contributed by atoms with Crippen molar-refractivity contribution < 1.29 is 9.53 Å². The molecule has 1 heterocycles. The summed E-state index contributed by atoms with van der Waals surface area (Å²) in [6, 6.07) is 9.14. The summed E-state index contributed by atoms with van der Waals surface area (Å²) in [7, 11) is 0. The lowest BCUT2D eigenvalue weighted by Gasteiger charge is -2.29. The van der Waals surface area contributed by atoms with E-state index in [0.29, 0.717) is 13.0 Å². The quantitative estimate of drug-likeness (QED) is 0.589. The Morgan fingerprint density at radius 3 is 2.30 bits per heavy atom. The highest BCUT2D eigenvalue weighted by Gasteiger charge is 2.31. The SMILES string of the molecule is CCOC(=O)C(CC(C)(C)C)n1c(-c2ccc(C)cc2)c(C)[c]([AlH2])cc1=O. The Kier molecular flexibility index (Phi) is 6.73. The lowest BCUT2D eigenvalue weighted by molar-refractivity contribution is -0.148. The van der Waals surface area contributed by atoms with Crippen molar-refractivity contribution in [1.82, 2.24) is 4.57 Å². The number of benzene rings is 1. The van der Waals surface area contributed by atoms with Crippen LogP contribution < -0.4 is 9.98 Å². The van der Waals surface area contributed by atoms with Crippen LogP contribution >= 0.6 is 0 Å². The van der Waals surface area contributed by atoms with Gasteiger partial charge >= 0.3 is 5.97 Å². The number of esters is 1. The summed E-state index contributed by atoms with van der Waals surface area (Å²) in [5, 5.41) is 0. The highest BCUT2D eigenvalue weighted by molar-refractivity contribution is 6.33. The Morgan fingerprint density at radius 1 is 1.19 bits per heavy atom. The average molecular weight is 383 g/mol. The van der Waals surface area contributed by atoms with Gasteiger partial charge < -0.3 is 4.74 Å². The normalized spacial score (nSPS) is 12.7. The second-order valence-corrected chi connectivity index (χ2v) is 9.49. The predicted octanol–water partition coefficient (Wildman–Crippen LogP) is 2.93. The number of pyridine rings is 1. The molecule has 1 unspecified atom stereocenters. The van der Waals surface area contributed by atoms with Crippen molar-refractivity contribution in [2.24, 2.45) is 5.41 Å². The van der Waals surface area contributed by atoms with E-state index in [1.165, 1.54) is 0 Å². The highest BCUT2D eigenvalue weighted by Crippen LogP contribution is 2.32. The molecule has 0 fully saturated rings. The molecule has 0 saturated heterocycles. The van der Waals surface area contributed by atoms with Gasteiger partial charge in [-0.3, -0.25) is 9.36 Å². The van der Waals surface area contributed by atoms with E-state index < -0.39 is 6.04 Å². The molecule has 0 aliphatic carbocycles. The van der Waals surface area contributed by atoms with Gasteiger partial charge in [-0.05, 0) is 49.8 Å². The zero-order valence-corrected chi connectivity index (χ0v) is 19.6. The number of carbonyl (C=O) groups excluding carboxylic acids is 1. The van der Waals surface area contributed by atoms with Gasteiger partial charge in [-0.15, -0.1) is 4.43 Å². The van der Waals surface area contributed by atoms with E-state index in [4.69, 9.17) is 4.74 Å². The van der Waals surface area contributed by atoms with Gasteiger partial charge in [0.05, 0.1) is 12.3 Å². The minimum Gasteiger partial charge on any atom is -0.464 e. The Morgan fingerprint density at radius 2 is 1.78 bits per heavy atom. The zero-order valence-electron chi connectivity index (χ0n) is 17.6. The lowest BCUT2D eigenvalue weighted by atomic mass is 9.87. The number of nitrogens with zero attached hydrogens (tertiary/aromatic N) is 1. The summed E-state index contributed by atoms with van der Waals surface area (Å²) >= 11 is 0.777. The Labute approximate surface area is 170 Å². The molecule has 0 aliphatic heterocycles. The van der Waals surface area contributed by atoms with E-state index in [0.717, 1.165) is 43.1 Å². The third-order valence-electron chi connectivity index (χ3n) is 4.77. The first-order valence-electron chi connectivity index (χ1n) is 9.51. The number of aryl methyl sites for hydroxylation is 1. The van der Waals surface area contributed by atoms with E-state index in [9.17, 15) is 9.59 Å². The van der Waals surface area contributed by atoms with E-state index >= 15 is 0 Å². The summed E-state index contributed by atoms with van der Waals surface area (Å²) < 4.78 is 8.07. The molecule has 0 radical (unpaired) electrons. The van der Waals surface area contributed by atoms with Crippen LogP contribution in [0.2, 0.25) is 0 Å². The van der Waals surface area contributed by atoms with Crippen molar-refractivity contribution in [3.05, 3.63) is 51.8 Å². The van der Waals surface area contributed by atoms with Gasteiger partial charge in [0.25, 0.3) is 21.8 Å². The summed E-state index contributed by atoms with van der Waals surface area (Å²) in [6.07, 6.45) is 0.532. The first kappa shape index (κ1) is 21.5. The van der Waals surface area contributed by atoms with E-state index in [1.54, 1.807) is 17.6 Å². The first-order chi connectivity index (χ1) is 12.5. The minimum atomic E-state index is -0.644. The first-order valence-corrected chi connectivity index (χ1v) is 10.5. The molecule has 144 valence electrons. The van der Waals surface area contributed by atoms with Crippen molar-refractivity contribution in [1.29, 1.82) is 0 Å². The maximum absolute atomic E-state index is 13.1. The molecule has 0 bridgehead atoms. The smallest absolute Gasteiger partial charge is 0.329 e. The van der Waals surface area contributed by atoms with Crippen LogP contribution in [0.4, 0.5) is 0 Å². The third-order valence-corrected chi connectivity index (χ3v) is 5.80. The second-order valence-electron chi connectivity index (χ2n) is 8.41. The molecular weight excluding hydrogens is 353 g/mol. The molecule has 1 aromatic heterocycles. The predicted molar refractivity (Wildman–Crippen MR) is 114 cm³/mol. The molecule has 5 heteroatoms. The third kappa shape index (κ3) is 5.12. The fraction of sp³-hybridized carbons (Fsp3) is 0.455. The molecule has 1 atom stereocenters. The molecule has 0 N–H and O–H groups in total. The van der Waals surface area contributed by atoms with Gasteiger partial charge in [0.1, 0.15) is 6.04 Å². The number of carbonyl (C=O) groups is 1. The zero-order chi connectivity index (χ0) is 20.4. The van der Waals surface area contributed by atoms with Crippen molar-refractivity contribution in [3.8, 4) is 11.3 Å². The Hall–Kier alpha value is -1.83. The number of hydrogen-bond acceptors (Lipinski definition) is 3. The molecule has 4 nitrogen and oxygen atoms in total. The van der Waals surface area contributed by atoms with Crippen molar-refractivity contribution in [2.45, 2.75) is 54.0 Å². The molecule has 1 aromatic carbocycles. The van der Waals surface area contributed by atoms with E-state index in [2.05, 4.69) is 20.8 Å². The molecule has 0 spiro atoms. The number of hydrogen-bond donors (Lipinski definition) is 0. The van der Waals surface area contributed by atoms with Crippen LogP contribution in [0.15, 0.2) is 35.1 Å². The molecule has 27 heavy (non-hydrogen) atoms. The van der Waals surface area contributed by atoms with Crippen LogP contribution in [0.1, 0.15) is 51.3 Å². The summed E-state index contributed by atoms with van der Waals surface area (Å²) in [4.78, 5) is 25.9. The maximum atomic E-state index is 13.1. The number of aromatic nitrogens is 1. The second kappa shape index (κ2) is 8.46. The van der Waals surface area contributed by atoms with Crippen molar-refractivity contribution >= 4 is 26.7 Å². The van der Waals surface area contributed by atoms with Crippen LogP contribution in [0, 0.1) is 19.3 Å². The van der Waals surface area contributed by atoms with E-state index in [1.807, 2.05) is 38.1 Å². The summed E-state index contributed by atoms with van der Waals surface area (Å²) in [6.45, 7) is 12.4. The van der Waals surface area contributed by atoms with Crippen LogP contribution in [-0.4, -0.2) is 33.4 Å². The van der Waals surface area contributed by atoms with Crippen molar-refractivity contribution in [3.63, 3.8) is 0 Å². The summed E-state index contributed by atoms with van der Waals surface area (Å²) in [5.41, 5.74) is 3.74. The molecular formula is C22H30AlNO3. The molecule has 2 rings (SSSR count). The minimum absolute atomic E-state index is 0.130. The standard InChI is InChI=1S/C22H28NO3.Al.2H/c1-7-26-21(25)18(14-22(4,5)6)23-19(24)13-10-16(3)20(23)17-11-8-15(2)9-12-17;;;/h8-9,11-13,18H,7,14H2,1-6H3;;;. The fourth-order valence-electron chi connectivity index (χ4n) is 3.32. The lowest BCUT2D eigenvalue weighted by Crippen LogP contribution is -2.37. The van der Waals surface area contributed by atoms with Crippen LogP contribution in [-0.2, 0) is 9.53 Å². The number of rotatable bonds is 5. The van der Waals surface area contributed by atoms with Crippen LogP contribution in [0.3, 0.4) is 0 Å². The van der Waals surface area contributed by atoms with Gasteiger partial charge in [-0.25, -0.2) is 4.79 Å². The monoisotopic (exact) mass is 383 g/mol. The Balaban J connectivity index is 2.78. The Bertz CT molecular complexity index is 876. The van der Waals surface area contributed by atoms with Gasteiger partial charge in [-0.2, -0.15) is 0 Å². The van der Waals surface area contributed by atoms with Crippen LogP contribution in [0.5, 0.6) is 0 Å². The molecule has 2 aromatic rings. The fourth-order valence-corrected chi connectivity index (χ4v) is 3.80. The highest BCUT2D eigenvalue weighted by atomic mass is 27.0. The van der Waals surface area contributed by atoms with Gasteiger partial charge in [0.15, 0.2) is 0 Å². The largest absolute Gasteiger partial charge is 0.464 e. The van der Waals surface area contributed by atoms with Crippen molar-refractivity contribution in [2.75, 3.05) is 6.61 Å². The topological polar surface area (TPSA) is 48.3 Å². The van der Waals surface area contributed by atoms with Gasteiger partial charge in [0, 0.05) is 0 Å². The molecule has 0 amide bonds.